The average Bonchev–Trinajstić information content (AvgIpc) is 2.94. The second kappa shape index (κ2) is 6.81. The van der Waals surface area contributed by atoms with E-state index >= 15 is 0 Å². The lowest BCUT2D eigenvalue weighted by molar-refractivity contribution is -0.150. The van der Waals surface area contributed by atoms with Crippen molar-refractivity contribution in [3.63, 3.8) is 0 Å². The molecule has 0 aromatic rings. The topological polar surface area (TPSA) is 55.8 Å². The maximum atomic E-state index is 12.2. The molecule has 24 heavy (non-hydrogen) atoms. The molecule has 3 rings (SSSR count). The summed E-state index contributed by atoms with van der Waals surface area (Å²) in [6.45, 7) is 4.80. The predicted octanol–water partition coefficient (Wildman–Crippen LogP) is 3.26. The van der Waals surface area contributed by atoms with Crippen LogP contribution in [0.4, 0.5) is 0 Å². The summed E-state index contributed by atoms with van der Waals surface area (Å²) < 4.78 is 10.9. The Morgan fingerprint density at radius 2 is 2.00 bits per heavy atom. The first-order valence-electron chi connectivity index (χ1n) is 9.27. The molecule has 0 heterocycles. The molecule has 138 valence electrons. The van der Waals surface area contributed by atoms with Gasteiger partial charge < -0.3 is 14.6 Å². The van der Waals surface area contributed by atoms with E-state index in [9.17, 15) is 9.90 Å². The van der Waals surface area contributed by atoms with Crippen molar-refractivity contribution in [3.05, 3.63) is 0 Å². The van der Waals surface area contributed by atoms with E-state index in [0.717, 1.165) is 30.9 Å². The molecule has 3 fully saturated rings. The van der Waals surface area contributed by atoms with Crippen LogP contribution >= 0.6 is 11.8 Å². The highest BCUT2D eigenvalue weighted by molar-refractivity contribution is 8.00. The van der Waals surface area contributed by atoms with Gasteiger partial charge in [0, 0.05) is 23.5 Å². The van der Waals surface area contributed by atoms with Gasteiger partial charge in [-0.15, -0.1) is 0 Å². The van der Waals surface area contributed by atoms with Crippen molar-refractivity contribution >= 4 is 17.7 Å². The minimum Gasteiger partial charge on any atom is -0.469 e. The van der Waals surface area contributed by atoms with E-state index < -0.39 is 6.10 Å². The number of aliphatic hydroxyl groups is 1. The minimum absolute atomic E-state index is 0.156. The third kappa shape index (κ3) is 2.71. The number of fused-ring (bicyclic) bond motifs is 2. The molecule has 3 aliphatic rings. The third-order valence-electron chi connectivity index (χ3n) is 7.47. The maximum absolute atomic E-state index is 12.2. The Labute approximate surface area is 150 Å². The van der Waals surface area contributed by atoms with Crippen LogP contribution in [0.15, 0.2) is 0 Å². The summed E-state index contributed by atoms with van der Waals surface area (Å²) in [4.78, 5) is 12.2. The molecule has 4 nitrogen and oxygen atoms in total. The van der Waals surface area contributed by atoms with Crippen LogP contribution in [0.2, 0.25) is 0 Å². The fourth-order valence-electron chi connectivity index (χ4n) is 5.69. The Kier molecular flexibility index (Phi) is 5.25. The number of carbonyl (C=O) groups excluding carboxylic acids is 1. The Hall–Kier alpha value is -0.260. The lowest BCUT2D eigenvalue weighted by Crippen LogP contribution is -2.45. The van der Waals surface area contributed by atoms with E-state index in [4.69, 9.17) is 9.47 Å². The normalized spacial score (nSPS) is 43.8. The standard InChI is InChI=1S/C19H32O4S/c1-18(2)12-8-9-19(18,15(10-12)22-3)11-24-14-7-5-6-13(20)16(14)17(21)23-4/h12-16,20H,5-11H2,1-4H3/t12-,13-,14+,15-,16+,19-/m1/s1. The predicted molar refractivity (Wildman–Crippen MR) is 96.0 cm³/mol. The van der Waals surface area contributed by atoms with Crippen molar-refractivity contribution in [1.29, 1.82) is 0 Å². The Balaban J connectivity index is 1.74. The van der Waals surface area contributed by atoms with Crippen LogP contribution in [0.1, 0.15) is 52.4 Å². The van der Waals surface area contributed by atoms with Crippen LogP contribution in [0.25, 0.3) is 0 Å². The number of esters is 1. The monoisotopic (exact) mass is 356 g/mol. The molecule has 0 aliphatic heterocycles. The SMILES string of the molecule is COC(=O)[C@H]1[C@H](O)CCC[C@@H]1SC[C@]12CC[C@H](C[C@H]1OC)C2(C)C. The van der Waals surface area contributed by atoms with Crippen molar-refractivity contribution in [3.8, 4) is 0 Å². The van der Waals surface area contributed by atoms with Gasteiger partial charge in [0.25, 0.3) is 0 Å². The van der Waals surface area contributed by atoms with E-state index in [-0.39, 0.29) is 28.0 Å². The first-order chi connectivity index (χ1) is 11.4. The smallest absolute Gasteiger partial charge is 0.312 e. The second-order valence-corrected chi connectivity index (χ2v) is 9.70. The van der Waals surface area contributed by atoms with Gasteiger partial charge in [-0.05, 0) is 49.9 Å². The number of methoxy groups -OCH3 is 2. The van der Waals surface area contributed by atoms with E-state index in [1.54, 1.807) is 0 Å². The molecular weight excluding hydrogens is 324 g/mol. The van der Waals surface area contributed by atoms with Crippen LogP contribution < -0.4 is 0 Å². The minimum atomic E-state index is -0.563. The molecule has 2 bridgehead atoms. The van der Waals surface area contributed by atoms with Crippen LogP contribution in [-0.4, -0.2) is 48.5 Å². The number of carbonyl (C=O) groups is 1. The Morgan fingerprint density at radius 1 is 1.25 bits per heavy atom. The molecule has 6 atom stereocenters. The lowest BCUT2D eigenvalue weighted by atomic mass is 9.69. The molecule has 0 unspecified atom stereocenters. The number of rotatable bonds is 5. The molecule has 0 spiro atoms. The summed E-state index contributed by atoms with van der Waals surface area (Å²) in [5.74, 6) is 1.12. The molecule has 5 heteroatoms. The number of thioether (sulfide) groups is 1. The molecule has 0 aromatic heterocycles. The summed E-state index contributed by atoms with van der Waals surface area (Å²) in [5.41, 5.74) is 0.481. The van der Waals surface area contributed by atoms with Crippen LogP contribution in [0.3, 0.4) is 0 Å². The zero-order valence-electron chi connectivity index (χ0n) is 15.4. The highest BCUT2D eigenvalue weighted by Crippen LogP contribution is 2.67. The summed E-state index contributed by atoms with van der Waals surface area (Å²) in [6.07, 6.45) is 6.11. The molecule has 0 aromatic carbocycles. The summed E-state index contributed by atoms with van der Waals surface area (Å²) in [5, 5.41) is 10.5. The molecule has 3 aliphatic carbocycles. The summed E-state index contributed by atoms with van der Waals surface area (Å²) in [7, 11) is 3.27. The zero-order valence-corrected chi connectivity index (χ0v) is 16.2. The van der Waals surface area contributed by atoms with E-state index in [1.807, 2.05) is 18.9 Å². The number of hydrogen-bond donors (Lipinski definition) is 1. The highest BCUT2D eigenvalue weighted by Gasteiger charge is 2.64. The maximum Gasteiger partial charge on any atom is 0.312 e. The Bertz CT molecular complexity index is 480. The highest BCUT2D eigenvalue weighted by atomic mass is 32.2. The van der Waals surface area contributed by atoms with Gasteiger partial charge in [0.2, 0.25) is 0 Å². The van der Waals surface area contributed by atoms with Crippen LogP contribution in [-0.2, 0) is 14.3 Å². The number of ether oxygens (including phenoxy) is 2. The molecule has 3 saturated carbocycles. The summed E-state index contributed by atoms with van der Waals surface area (Å²) >= 11 is 1.88. The van der Waals surface area contributed by atoms with Crippen molar-refractivity contribution in [1.82, 2.24) is 0 Å². The van der Waals surface area contributed by atoms with Crippen molar-refractivity contribution < 1.29 is 19.4 Å². The number of hydrogen-bond acceptors (Lipinski definition) is 5. The zero-order chi connectivity index (χ0) is 17.5. The van der Waals surface area contributed by atoms with Gasteiger partial charge in [-0.25, -0.2) is 0 Å². The third-order valence-corrected chi connectivity index (χ3v) is 9.11. The molecule has 1 N–H and O–H groups in total. The molecule has 0 radical (unpaired) electrons. The van der Waals surface area contributed by atoms with Crippen molar-refractivity contribution in [2.24, 2.45) is 22.7 Å². The fourth-order valence-corrected chi connectivity index (χ4v) is 7.74. The van der Waals surface area contributed by atoms with Crippen LogP contribution in [0.5, 0.6) is 0 Å². The van der Waals surface area contributed by atoms with E-state index in [1.165, 1.54) is 20.0 Å². The Morgan fingerprint density at radius 3 is 2.62 bits per heavy atom. The van der Waals surface area contributed by atoms with Gasteiger partial charge in [0.1, 0.15) is 0 Å². The fraction of sp³-hybridized carbons (Fsp3) is 0.947. The molecule has 0 saturated heterocycles. The van der Waals surface area contributed by atoms with Crippen LogP contribution in [0, 0.1) is 22.7 Å². The van der Waals surface area contributed by atoms with Gasteiger partial charge in [-0.2, -0.15) is 11.8 Å². The van der Waals surface area contributed by atoms with Gasteiger partial charge in [-0.3, -0.25) is 4.79 Å². The molecular formula is C19H32O4S. The van der Waals surface area contributed by atoms with Gasteiger partial charge in [0.05, 0.1) is 25.2 Å². The summed E-state index contributed by atoms with van der Waals surface area (Å²) in [6, 6.07) is 0. The van der Waals surface area contributed by atoms with E-state index in [0.29, 0.717) is 12.5 Å². The van der Waals surface area contributed by atoms with Crippen molar-refractivity contribution in [2.75, 3.05) is 20.0 Å². The number of aliphatic hydroxyl groups excluding tert-OH is 1. The quantitative estimate of drug-likeness (QED) is 0.766. The largest absolute Gasteiger partial charge is 0.469 e. The van der Waals surface area contributed by atoms with Gasteiger partial charge >= 0.3 is 5.97 Å². The average molecular weight is 357 g/mol. The van der Waals surface area contributed by atoms with Crippen molar-refractivity contribution in [2.45, 2.75) is 69.8 Å². The molecule has 0 amide bonds. The first kappa shape index (κ1) is 18.5. The first-order valence-corrected chi connectivity index (χ1v) is 10.3. The lowest BCUT2D eigenvalue weighted by Gasteiger charge is -2.43. The van der Waals surface area contributed by atoms with Gasteiger partial charge in [-0.1, -0.05) is 13.8 Å². The van der Waals surface area contributed by atoms with E-state index in [2.05, 4.69) is 13.8 Å². The second-order valence-electron chi connectivity index (χ2n) is 8.47. The van der Waals surface area contributed by atoms with Gasteiger partial charge in [0.15, 0.2) is 0 Å².